The van der Waals surface area contributed by atoms with Crippen LogP contribution in [0.2, 0.25) is 0 Å². The molecular formula is C16H23N. The molecule has 0 bridgehead atoms. The highest BCUT2D eigenvalue weighted by atomic mass is 14.9. The summed E-state index contributed by atoms with van der Waals surface area (Å²) in [6, 6.07) is 8.49. The van der Waals surface area contributed by atoms with Gasteiger partial charge in [0.25, 0.3) is 0 Å². The smallest absolute Gasteiger partial charge is 0.0384 e. The first kappa shape index (κ1) is 13.6. The van der Waals surface area contributed by atoms with E-state index in [1.807, 2.05) is 6.08 Å². The molecule has 0 saturated carbocycles. The fraction of sp³-hybridized carbons (Fsp3) is 0.375. The highest BCUT2D eigenvalue weighted by Gasteiger charge is 1.94. The standard InChI is InChI=1S/C16H23N/c1-5-15-9-11-16(12-10-15)17-14(4)8-6-7-13(2)3/h6,8-13,17H,4-5,7H2,1-3H3/b8-6+. The lowest BCUT2D eigenvalue weighted by Crippen LogP contribution is -1.95. The average molecular weight is 229 g/mol. The Bertz CT molecular complexity index is 371. The van der Waals surface area contributed by atoms with E-state index in [-0.39, 0.29) is 0 Å². The van der Waals surface area contributed by atoms with E-state index in [0.717, 1.165) is 24.2 Å². The first-order valence-corrected chi connectivity index (χ1v) is 6.33. The van der Waals surface area contributed by atoms with Crippen LogP contribution in [0.1, 0.15) is 32.8 Å². The van der Waals surface area contributed by atoms with E-state index in [0.29, 0.717) is 5.92 Å². The molecule has 1 heteroatoms. The van der Waals surface area contributed by atoms with Crippen molar-refractivity contribution in [1.29, 1.82) is 0 Å². The Morgan fingerprint density at radius 1 is 1.29 bits per heavy atom. The maximum atomic E-state index is 3.99. The van der Waals surface area contributed by atoms with E-state index >= 15 is 0 Å². The molecule has 0 unspecified atom stereocenters. The van der Waals surface area contributed by atoms with Gasteiger partial charge in [0.2, 0.25) is 0 Å². The third-order valence-corrected chi connectivity index (χ3v) is 2.59. The molecule has 0 amide bonds. The molecule has 0 aliphatic carbocycles. The fourth-order valence-electron chi connectivity index (χ4n) is 1.53. The lowest BCUT2D eigenvalue weighted by atomic mass is 10.1. The largest absolute Gasteiger partial charge is 0.356 e. The minimum atomic E-state index is 0.697. The predicted molar refractivity (Wildman–Crippen MR) is 77.2 cm³/mol. The highest BCUT2D eigenvalue weighted by Crippen LogP contribution is 2.12. The van der Waals surface area contributed by atoms with Gasteiger partial charge >= 0.3 is 0 Å². The van der Waals surface area contributed by atoms with Crippen LogP contribution in [-0.4, -0.2) is 0 Å². The summed E-state index contributed by atoms with van der Waals surface area (Å²) in [5, 5.41) is 3.29. The fourth-order valence-corrected chi connectivity index (χ4v) is 1.53. The monoisotopic (exact) mass is 229 g/mol. The summed E-state index contributed by atoms with van der Waals surface area (Å²) < 4.78 is 0. The molecule has 0 fully saturated rings. The van der Waals surface area contributed by atoms with Crippen LogP contribution in [0.4, 0.5) is 5.69 Å². The Kier molecular flexibility index (Phi) is 5.55. The molecule has 0 aromatic heterocycles. The van der Waals surface area contributed by atoms with Crippen LogP contribution in [0.15, 0.2) is 48.7 Å². The Morgan fingerprint density at radius 2 is 1.94 bits per heavy atom. The molecule has 92 valence electrons. The first-order chi connectivity index (χ1) is 8.11. The second-order valence-electron chi connectivity index (χ2n) is 4.73. The van der Waals surface area contributed by atoms with Crippen molar-refractivity contribution in [2.75, 3.05) is 5.32 Å². The minimum absolute atomic E-state index is 0.697. The molecule has 1 aromatic rings. The van der Waals surface area contributed by atoms with Crippen LogP contribution in [0.5, 0.6) is 0 Å². The Morgan fingerprint density at radius 3 is 2.47 bits per heavy atom. The van der Waals surface area contributed by atoms with Gasteiger partial charge in [-0.3, -0.25) is 0 Å². The summed E-state index contributed by atoms with van der Waals surface area (Å²) in [4.78, 5) is 0. The third kappa shape index (κ3) is 5.39. The van der Waals surface area contributed by atoms with Gasteiger partial charge in [0.15, 0.2) is 0 Å². The number of anilines is 1. The van der Waals surface area contributed by atoms with Crippen molar-refractivity contribution >= 4 is 5.69 Å². The van der Waals surface area contributed by atoms with E-state index in [2.05, 4.69) is 63.0 Å². The van der Waals surface area contributed by atoms with Crippen LogP contribution in [0, 0.1) is 5.92 Å². The first-order valence-electron chi connectivity index (χ1n) is 6.33. The molecule has 17 heavy (non-hydrogen) atoms. The molecule has 1 rings (SSSR count). The number of hydrogen-bond donors (Lipinski definition) is 1. The normalized spacial score (nSPS) is 11.1. The molecule has 1 aromatic carbocycles. The second-order valence-corrected chi connectivity index (χ2v) is 4.73. The molecule has 0 aliphatic heterocycles. The Balaban J connectivity index is 2.47. The average Bonchev–Trinajstić information content (AvgIpc) is 2.29. The van der Waals surface area contributed by atoms with Crippen molar-refractivity contribution in [1.82, 2.24) is 0 Å². The van der Waals surface area contributed by atoms with E-state index in [9.17, 15) is 0 Å². The molecular weight excluding hydrogens is 206 g/mol. The summed E-state index contributed by atoms with van der Waals surface area (Å²) in [6.45, 7) is 10.6. The predicted octanol–water partition coefficient (Wildman–Crippen LogP) is 4.78. The molecule has 0 aliphatic rings. The summed E-state index contributed by atoms with van der Waals surface area (Å²) in [6.07, 6.45) is 6.39. The van der Waals surface area contributed by atoms with Crippen LogP contribution in [0.25, 0.3) is 0 Å². The summed E-state index contributed by atoms with van der Waals surface area (Å²) in [7, 11) is 0. The topological polar surface area (TPSA) is 12.0 Å². The van der Waals surface area contributed by atoms with Crippen molar-refractivity contribution < 1.29 is 0 Å². The number of rotatable bonds is 6. The zero-order valence-corrected chi connectivity index (χ0v) is 11.2. The summed E-state index contributed by atoms with van der Waals surface area (Å²) >= 11 is 0. The minimum Gasteiger partial charge on any atom is -0.356 e. The van der Waals surface area contributed by atoms with Gasteiger partial charge in [-0.25, -0.2) is 0 Å². The van der Waals surface area contributed by atoms with Crippen LogP contribution in [-0.2, 0) is 6.42 Å². The Labute approximate surface area is 105 Å². The van der Waals surface area contributed by atoms with Gasteiger partial charge in [-0.15, -0.1) is 0 Å². The van der Waals surface area contributed by atoms with Crippen molar-refractivity contribution in [2.24, 2.45) is 5.92 Å². The quantitative estimate of drug-likeness (QED) is 0.692. The molecule has 0 heterocycles. The lowest BCUT2D eigenvalue weighted by molar-refractivity contribution is 0.663. The highest BCUT2D eigenvalue weighted by molar-refractivity contribution is 5.50. The molecule has 0 atom stereocenters. The zero-order chi connectivity index (χ0) is 12.7. The van der Waals surface area contributed by atoms with E-state index < -0.39 is 0 Å². The second kappa shape index (κ2) is 6.95. The maximum absolute atomic E-state index is 3.99. The summed E-state index contributed by atoms with van der Waals surface area (Å²) in [5.41, 5.74) is 3.40. The Hall–Kier alpha value is -1.50. The van der Waals surface area contributed by atoms with Crippen molar-refractivity contribution in [3.63, 3.8) is 0 Å². The number of benzene rings is 1. The van der Waals surface area contributed by atoms with Gasteiger partial charge in [0, 0.05) is 11.4 Å². The van der Waals surface area contributed by atoms with Gasteiger partial charge in [-0.1, -0.05) is 45.6 Å². The van der Waals surface area contributed by atoms with E-state index in [1.54, 1.807) is 0 Å². The van der Waals surface area contributed by atoms with Gasteiger partial charge in [-0.05, 0) is 42.5 Å². The van der Waals surface area contributed by atoms with Crippen molar-refractivity contribution in [3.8, 4) is 0 Å². The number of nitrogens with one attached hydrogen (secondary N) is 1. The summed E-state index contributed by atoms with van der Waals surface area (Å²) in [5.74, 6) is 0.697. The van der Waals surface area contributed by atoms with Gasteiger partial charge in [-0.2, -0.15) is 0 Å². The maximum Gasteiger partial charge on any atom is 0.0384 e. The van der Waals surface area contributed by atoms with Gasteiger partial charge in [0.05, 0.1) is 0 Å². The molecule has 1 nitrogen and oxygen atoms in total. The molecule has 1 N–H and O–H groups in total. The van der Waals surface area contributed by atoms with Crippen LogP contribution < -0.4 is 5.32 Å². The van der Waals surface area contributed by atoms with E-state index in [1.165, 1.54) is 5.56 Å². The zero-order valence-electron chi connectivity index (χ0n) is 11.2. The molecule has 0 radical (unpaired) electrons. The van der Waals surface area contributed by atoms with Crippen molar-refractivity contribution in [2.45, 2.75) is 33.6 Å². The van der Waals surface area contributed by atoms with Crippen LogP contribution >= 0.6 is 0 Å². The lowest BCUT2D eigenvalue weighted by Gasteiger charge is -2.07. The van der Waals surface area contributed by atoms with Crippen molar-refractivity contribution in [3.05, 3.63) is 54.3 Å². The molecule has 0 spiro atoms. The third-order valence-electron chi connectivity index (χ3n) is 2.59. The van der Waals surface area contributed by atoms with Gasteiger partial charge < -0.3 is 5.32 Å². The number of hydrogen-bond acceptors (Lipinski definition) is 1. The number of aryl methyl sites for hydroxylation is 1. The molecule has 0 saturated heterocycles. The number of allylic oxidation sites excluding steroid dienone is 2. The SMILES string of the molecule is C=C(/C=C/CC(C)C)Nc1ccc(CC)cc1. The van der Waals surface area contributed by atoms with Gasteiger partial charge in [0.1, 0.15) is 0 Å². The van der Waals surface area contributed by atoms with Crippen LogP contribution in [0.3, 0.4) is 0 Å². The van der Waals surface area contributed by atoms with E-state index in [4.69, 9.17) is 0 Å².